The van der Waals surface area contributed by atoms with Crippen molar-refractivity contribution >= 4 is 49.0 Å². The minimum atomic E-state index is -0.265. The first-order chi connectivity index (χ1) is 7.27. The summed E-state index contributed by atoms with van der Waals surface area (Å²) < 4.78 is 5.00. The van der Waals surface area contributed by atoms with Crippen LogP contribution in [0.3, 0.4) is 0 Å². The van der Waals surface area contributed by atoms with Crippen molar-refractivity contribution in [2.24, 2.45) is 0 Å². The first-order valence-corrected chi connectivity index (χ1v) is 10.6. The maximum atomic E-state index is 11.3. The number of amides is 1. The van der Waals surface area contributed by atoms with Gasteiger partial charge in [-0.25, -0.2) is 4.79 Å². The molecule has 1 amide bonds. The molecule has 0 aliphatic carbocycles. The van der Waals surface area contributed by atoms with Crippen LogP contribution in [-0.2, 0) is 37.4 Å². The van der Waals surface area contributed by atoms with Gasteiger partial charge in [0.15, 0.2) is 0 Å². The number of carbonyl (C=O) groups is 1. The number of carbonyl (C=O) groups excluding carboxylic acids is 1. The Balaban J connectivity index is 0.000000711. The monoisotopic (exact) mass is 519 g/mol. The molecular weight excluding hydrogens is 509 g/mol. The summed E-state index contributed by atoms with van der Waals surface area (Å²) in [5.74, 6) is 0. The van der Waals surface area contributed by atoms with E-state index in [-0.39, 0.29) is 44.9 Å². The van der Waals surface area contributed by atoms with Gasteiger partial charge in [0, 0.05) is 69.9 Å². The number of ether oxygens (including phenoxy) is 1. The standard InChI is InChI=1S/C10H10NO2.I2.Y/c1-8-7-11(10(12)13-8)9-5-3-2-4-6-9;1-2;/h3-6,8H,7H2,1H3;;/q-1;;. The van der Waals surface area contributed by atoms with Crippen molar-refractivity contribution in [3.8, 4) is 0 Å². The van der Waals surface area contributed by atoms with Gasteiger partial charge in [-0.3, -0.25) is 4.90 Å². The number of hydrogen-bond donors (Lipinski definition) is 0. The van der Waals surface area contributed by atoms with Gasteiger partial charge < -0.3 is 4.74 Å². The zero-order chi connectivity index (χ0) is 11.3. The molecule has 1 saturated heterocycles. The van der Waals surface area contributed by atoms with Crippen molar-refractivity contribution in [3.63, 3.8) is 0 Å². The van der Waals surface area contributed by atoms with E-state index in [1.807, 2.05) is 19.1 Å². The van der Waals surface area contributed by atoms with Gasteiger partial charge in [0.05, 0.1) is 6.54 Å². The van der Waals surface area contributed by atoms with Gasteiger partial charge in [-0.05, 0) is 6.92 Å². The minimum absolute atomic E-state index is 0. The Bertz CT molecular complexity index is 324. The molecule has 0 spiro atoms. The maximum Gasteiger partial charge on any atom is 0.412 e. The van der Waals surface area contributed by atoms with Gasteiger partial charge in [0.25, 0.3) is 0 Å². The van der Waals surface area contributed by atoms with Crippen LogP contribution < -0.4 is 4.90 Å². The summed E-state index contributed by atoms with van der Waals surface area (Å²) in [7, 11) is 0. The van der Waals surface area contributed by atoms with Crippen LogP contribution in [0.15, 0.2) is 24.3 Å². The van der Waals surface area contributed by atoms with Gasteiger partial charge in [-0.15, -0.1) is 12.1 Å². The first kappa shape index (κ1) is 17.1. The van der Waals surface area contributed by atoms with Gasteiger partial charge in [-0.2, -0.15) is 18.2 Å². The average molecular weight is 519 g/mol. The number of cyclic esters (lactones) is 1. The fourth-order valence-corrected chi connectivity index (χ4v) is 1.37. The molecule has 1 aliphatic heterocycles. The zero-order valence-electron chi connectivity index (χ0n) is 8.69. The van der Waals surface area contributed by atoms with Crippen LogP contribution in [-0.4, -0.2) is 18.7 Å². The Morgan fingerprint density at radius 3 is 2.44 bits per heavy atom. The van der Waals surface area contributed by atoms with E-state index < -0.39 is 0 Å². The number of nitrogens with zero attached hydrogens (tertiary/aromatic N) is 1. The zero-order valence-corrected chi connectivity index (χ0v) is 15.8. The molecule has 1 atom stereocenters. The van der Waals surface area contributed by atoms with E-state index in [4.69, 9.17) is 4.74 Å². The smallest absolute Gasteiger partial charge is 0.412 e. The Morgan fingerprint density at radius 1 is 1.44 bits per heavy atom. The molecule has 1 aliphatic rings. The molecule has 6 heteroatoms. The van der Waals surface area contributed by atoms with E-state index in [2.05, 4.69) is 43.3 Å². The SMILES string of the molecule is CC1CN(c2cc[c-]cc2)C(=O)O1.II.[Y]. The van der Waals surface area contributed by atoms with Gasteiger partial charge in [0.1, 0.15) is 6.10 Å². The predicted molar refractivity (Wildman–Crippen MR) is 76.6 cm³/mol. The summed E-state index contributed by atoms with van der Waals surface area (Å²) >= 11 is 4.24. The van der Waals surface area contributed by atoms with E-state index in [0.717, 1.165) is 5.69 Å². The van der Waals surface area contributed by atoms with Gasteiger partial charge >= 0.3 is 6.09 Å². The molecule has 1 radical (unpaired) electrons. The molecule has 1 unspecified atom stereocenters. The van der Waals surface area contributed by atoms with Crippen molar-refractivity contribution in [1.29, 1.82) is 0 Å². The molecule has 1 fully saturated rings. The summed E-state index contributed by atoms with van der Waals surface area (Å²) in [6.45, 7) is 2.51. The summed E-state index contributed by atoms with van der Waals surface area (Å²) in [6.07, 6.45) is -0.282. The Kier molecular flexibility index (Phi) is 9.64. The molecule has 85 valence electrons. The summed E-state index contributed by atoms with van der Waals surface area (Å²) in [5, 5.41) is 0. The van der Waals surface area contributed by atoms with Crippen molar-refractivity contribution in [2.75, 3.05) is 11.4 Å². The Hall–Kier alpha value is 1.05. The Labute approximate surface area is 144 Å². The predicted octanol–water partition coefficient (Wildman–Crippen LogP) is 3.60. The summed E-state index contributed by atoms with van der Waals surface area (Å²) in [6, 6.07) is 10.2. The molecule has 16 heavy (non-hydrogen) atoms. The van der Waals surface area contributed by atoms with Crippen LogP contribution in [0.2, 0.25) is 0 Å². The second-order valence-electron chi connectivity index (χ2n) is 3.06. The maximum absolute atomic E-state index is 11.3. The van der Waals surface area contributed by atoms with Gasteiger partial charge in [0.2, 0.25) is 0 Å². The first-order valence-electron chi connectivity index (χ1n) is 4.36. The number of rotatable bonds is 1. The van der Waals surface area contributed by atoms with Crippen molar-refractivity contribution < 1.29 is 42.2 Å². The molecule has 0 N–H and O–H groups in total. The third-order valence-electron chi connectivity index (χ3n) is 1.97. The molecule has 1 aromatic rings. The topological polar surface area (TPSA) is 29.5 Å². The molecular formula is C10H10I2NO2Y-. The van der Waals surface area contributed by atoms with Crippen molar-refractivity contribution in [2.45, 2.75) is 13.0 Å². The summed E-state index contributed by atoms with van der Waals surface area (Å²) in [5.41, 5.74) is 0.869. The molecule has 2 rings (SSSR count). The molecule has 1 aromatic carbocycles. The molecule has 1 heterocycles. The van der Waals surface area contributed by atoms with E-state index in [0.29, 0.717) is 6.54 Å². The third kappa shape index (κ3) is 4.74. The van der Waals surface area contributed by atoms with E-state index in [1.165, 1.54) is 0 Å². The van der Waals surface area contributed by atoms with Crippen molar-refractivity contribution in [3.05, 3.63) is 30.3 Å². The number of anilines is 1. The number of halogens is 2. The molecule has 0 aromatic heterocycles. The fourth-order valence-electron chi connectivity index (χ4n) is 1.37. The van der Waals surface area contributed by atoms with Crippen LogP contribution in [0.25, 0.3) is 0 Å². The van der Waals surface area contributed by atoms with Crippen molar-refractivity contribution in [1.82, 2.24) is 0 Å². The average Bonchev–Trinajstić information content (AvgIpc) is 2.62. The number of benzene rings is 1. The second-order valence-corrected chi connectivity index (χ2v) is 3.06. The molecule has 3 nitrogen and oxygen atoms in total. The largest absolute Gasteiger partial charge is 0.444 e. The third-order valence-corrected chi connectivity index (χ3v) is 1.97. The van der Waals surface area contributed by atoms with Crippen LogP contribution >= 0.6 is 37.2 Å². The van der Waals surface area contributed by atoms with Crippen LogP contribution in [0.5, 0.6) is 0 Å². The normalized spacial score (nSPS) is 18.1. The quantitative estimate of drug-likeness (QED) is 0.420. The minimum Gasteiger partial charge on any atom is -0.444 e. The summed E-state index contributed by atoms with van der Waals surface area (Å²) in [4.78, 5) is 12.9. The van der Waals surface area contributed by atoms with Crippen LogP contribution in [0.4, 0.5) is 10.5 Å². The molecule has 0 saturated carbocycles. The van der Waals surface area contributed by atoms with E-state index in [9.17, 15) is 4.79 Å². The molecule has 0 bridgehead atoms. The van der Waals surface area contributed by atoms with Gasteiger partial charge in [-0.1, -0.05) is 5.69 Å². The Morgan fingerprint density at radius 2 is 2.00 bits per heavy atom. The van der Waals surface area contributed by atoms with E-state index in [1.54, 1.807) is 17.0 Å². The van der Waals surface area contributed by atoms with Crippen LogP contribution in [0, 0.1) is 6.07 Å². The van der Waals surface area contributed by atoms with E-state index >= 15 is 0 Å². The van der Waals surface area contributed by atoms with Crippen LogP contribution in [0.1, 0.15) is 6.92 Å². The second kappa shape index (κ2) is 9.05. The number of hydrogen-bond acceptors (Lipinski definition) is 2. The fraction of sp³-hybridized carbons (Fsp3) is 0.300.